The van der Waals surface area contributed by atoms with Crippen LogP contribution in [-0.2, 0) is 0 Å². The molecule has 0 atom stereocenters. The normalized spacial score (nSPS) is 18.0. The standard InChI is InChI=1S/C24H27NO/c1-18(26)20-9-11-22(12-10-20)24(21-5-3-2-4-6-21)23-13-15-25(16-14-23)17-19-7-8-19/h2-6,9-12,19H,7-8,13-17H2,1H3. The largest absolute Gasteiger partial charge is 0.302 e. The van der Waals surface area contributed by atoms with Crippen molar-refractivity contribution >= 4 is 11.4 Å². The molecule has 1 aliphatic heterocycles. The fourth-order valence-corrected chi connectivity index (χ4v) is 3.97. The van der Waals surface area contributed by atoms with Gasteiger partial charge >= 0.3 is 0 Å². The fourth-order valence-electron chi connectivity index (χ4n) is 3.97. The average molecular weight is 345 g/mol. The summed E-state index contributed by atoms with van der Waals surface area (Å²) in [6.45, 7) is 5.27. The van der Waals surface area contributed by atoms with Gasteiger partial charge in [-0.2, -0.15) is 0 Å². The van der Waals surface area contributed by atoms with Crippen molar-refractivity contribution in [1.29, 1.82) is 0 Å². The Morgan fingerprint density at radius 1 is 0.885 bits per heavy atom. The van der Waals surface area contributed by atoms with Crippen LogP contribution in [0.15, 0.2) is 60.2 Å². The lowest BCUT2D eigenvalue weighted by molar-refractivity contribution is 0.101. The van der Waals surface area contributed by atoms with Gasteiger partial charge in [-0.25, -0.2) is 0 Å². The molecule has 2 aliphatic rings. The maximum Gasteiger partial charge on any atom is 0.159 e. The number of rotatable bonds is 5. The molecule has 2 heteroatoms. The first kappa shape index (κ1) is 17.2. The zero-order valence-electron chi connectivity index (χ0n) is 15.6. The van der Waals surface area contributed by atoms with Crippen molar-refractivity contribution in [3.8, 4) is 0 Å². The molecule has 2 aromatic carbocycles. The van der Waals surface area contributed by atoms with Gasteiger partial charge in [0.05, 0.1) is 0 Å². The lowest BCUT2D eigenvalue weighted by Gasteiger charge is -2.30. The molecule has 2 nitrogen and oxygen atoms in total. The van der Waals surface area contributed by atoms with Crippen LogP contribution in [0.2, 0.25) is 0 Å². The van der Waals surface area contributed by atoms with E-state index in [0.717, 1.165) is 24.3 Å². The first-order chi connectivity index (χ1) is 12.7. The summed E-state index contributed by atoms with van der Waals surface area (Å²) in [5.41, 5.74) is 6.22. The molecule has 0 bridgehead atoms. The third-order valence-electron chi connectivity index (χ3n) is 5.67. The predicted octanol–water partition coefficient (Wildman–Crippen LogP) is 5.20. The number of hydrogen-bond donors (Lipinski definition) is 0. The van der Waals surface area contributed by atoms with Crippen LogP contribution in [-0.4, -0.2) is 30.3 Å². The number of benzene rings is 2. The Morgan fingerprint density at radius 3 is 2.04 bits per heavy atom. The summed E-state index contributed by atoms with van der Waals surface area (Å²) in [5, 5.41) is 0. The minimum Gasteiger partial charge on any atom is -0.302 e. The predicted molar refractivity (Wildman–Crippen MR) is 107 cm³/mol. The average Bonchev–Trinajstić information content (AvgIpc) is 3.49. The second-order valence-corrected chi connectivity index (χ2v) is 7.72. The zero-order valence-corrected chi connectivity index (χ0v) is 15.6. The van der Waals surface area contributed by atoms with Gasteiger partial charge in [0.2, 0.25) is 0 Å². The molecule has 0 spiro atoms. The van der Waals surface area contributed by atoms with Gasteiger partial charge in [0.15, 0.2) is 5.78 Å². The van der Waals surface area contributed by atoms with Crippen molar-refractivity contribution in [2.45, 2.75) is 32.6 Å². The lowest BCUT2D eigenvalue weighted by atomic mass is 9.88. The molecule has 0 radical (unpaired) electrons. The third-order valence-corrected chi connectivity index (χ3v) is 5.67. The Bertz CT molecular complexity index is 790. The van der Waals surface area contributed by atoms with Crippen molar-refractivity contribution in [2.75, 3.05) is 19.6 Å². The van der Waals surface area contributed by atoms with Gasteiger partial charge in [-0.1, -0.05) is 60.2 Å². The highest BCUT2D eigenvalue weighted by Gasteiger charge is 2.26. The number of piperidine rings is 1. The van der Waals surface area contributed by atoms with Crippen LogP contribution < -0.4 is 0 Å². The number of Topliss-reactive ketones (excluding diaryl/α,β-unsaturated/α-hetero) is 1. The Hall–Kier alpha value is -2.19. The summed E-state index contributed by atoms with van der Waals surface area (Å²) >= 11 is 0. The molecule has 2 aromatic rings. The van der Waals surface area contributed by atoms with E-state index in [1.54, 1.807) is 12.5 Å². The molecule has 0 N–H and O–H groups in total. The number of likely N-dealkylation sites (tertiary alicyclic amines) is 1. The van der Waals surface area contributed by atoms with E-state index in [1.165, 1.54) is 49.2 Å². The van der Waals surface area contributed by atoms with E-state index in [9.17, 15) is 4.79 Å². The minimum absolute atomic E-state index is 0.124. The molecule has 2 fully saturated rings. The smallest absolute Gasteiger partial charge is 0.159 e. The monoisotopic (exact) mass is 345 g/mol. The Balaban J connectivity index is 1.64. The Kier molecular flexibility index (Phi) is 5.03. The highest BCUT2D eigenvalue weighted by Crippen LogP contribution is 2.35. The van der Waals surface area contributed by atoms with Crippen molar-refractivity contribution in [2.24, 2.45) is 5.92 Å². The van der Waals surface area contributed by atoms with Crippen LogP contribution in [0.3, 0.4) is 0 Å². The molecular formula is C24H27NO. The highest BCUT2D eigenvalue weighted by molar-refractivity contribution is 5.94. The highest BCUT2D eigenvalue weighted by atomic mass is 16.1. The van der Waals surface area contributed by atoms with E-state index < -0.39 is 0 Å². The summed E-state index contributed by atoms with van der Waals surface area (Å²) in [6, 6.07) is 18.9. The molecule has 0 aromatic heterocycles. The number of carbonyl (C=O) groups excluding carboxylic acids is 1. The molecule has 134 valence electrons. The SMILES string of the molecule is CC(=O)c1ccc(C(=C2CCN(CC3CC3)CC2)c2ccccc2)cc1. The summed E-state index contributed by atoms with van der Waals surface area (Å²) in [7, 11) is 0. The molecule has 0 unspecified atom stereocenters. The number of hydrogen-bond acceptors (Lipinski definition) is 2. The van der Waals surface area contributed by atoms with Crippen LogP contribution in [0.1, 0.15) is 54.1 Å². The number of ketones is 1. The van der Waals surface area contributed by atoms with Crippen LogP contribution in [0.25, 0.3) is 5.57 Å². The second-order valence-electron chi connectivity index (χ2n) is 7.72. The van der Waals surface area contributed by atoms with Gasteiger partial charge < -0.3 is 4.90 Å². The molecule has 0 amide bonds. The van der Waals surface area contributed by atoms with Gasteiger partial charge in [-0.05, 0) is 55.2 Å². The Labute approximate surface area is 156 Å². The van der Waals surface area contributed by atoms with Gasteiger partial charge in [0.25, 0.3) is 0 Å². The van der Waals surface area contributed by atoms with Crippen LogP contribution in [0, 0.1) is 5.92 Å². The van der Waals surface area contributed by atoms with Gasteiger partial charge in [0.1, 0.15) is 0 Å². The number of nitrogens with zero attached hydrogens (tertiary/aromatic N) is 1. The first-order valence-corrected chi connectivity index (χ1v) is 9.82. The summed E-state index contributed by atoms with van der Waals surface area (Å²) in [4.78, 5) is 14.3. The number of carbonyl (C=O) groups is 1. The molecule has 26 heavy (non-hydrogen) atoms. The van der Waals surface area contributed by atoms with Crippen LogP contribution in [0.5, 0.6) is 0 Å². The molecule has 1 aliphatic carbocycles. The lowest BCUT2D eigenvalue weighted by Crippen LogP contribution is -2.32. The third kappa shape index (κ3) is 3.96. The molecule has 1 saturated heterocycles. The minimum atomic E-state index is 0.124. The van der Waals surface area contributed by atoms with Crippen molar-refractivity contribution in [3.63, 3.8) is 0 Å². The van der Waals surface area contributed by atoms with E-state index in [0.29, 0.717) is 0 Å². The van der Waals surface area contributed by atoms with E-state index in [1.807, 2.05) is 12.1 Å². The van der Waals surface area contributed by atoms with Crippen molar-refractivity contribution < 1.29 is 4.79 Å². The second kappa shape index (κ2) is 7.59. The quantitative estimate of drug-likeness (QED) is 0.695. The zero-order chi connectivity index (χ0) is 17.9. The fraction of sp³-hybridized carbons (Fsp3) is 0.375. The molecule has 1 heterocycles. The van der Waals surface area contributed by atoms with Gasteiger partial charge in [-0.15, -0.1) is 0 Å². The first-order valence-electron chi connectivity index (χ1n) is 9.82. The Morgan fingerprint density at radius 2 is 1.46 bits per heavy atom. The molecule has 1 saturated carbocycles. The van der Waals surface area contributed by atoms with Crippen LogP contribution >= 0.6 is 0 Å². The van der Waals surface area contributed by atoms with E-state index in [-0.39, 0.29) is 5.78 Å². The molecule has 4 rings (SSSR count). The van der Waals surface area contributed by atoms with Gasteiger partial charge in [0, 0.05) is 25.2 Å². The van der Waals surface area contributed by atoms with Crippen LogP contribution in [0.4, 0.5) is 0 Å². The topological polar surface area (TPSA) is 20.3 Å². The summed E-state index contributed by atoms with van der Waals surface area (Å²) in [6.07, 6.45) is 5.14. The van der Waals surface area contributed by atoms with E-state index >= 15 is 0 Å². The van der Waals surface area contributed by atoms with Crippen molar-refractivity contribution in [1.82, 2.24) is 4.90 Å². The maximum absolute atomic E-state index is 11.6. The van der Waals surface area contributed by atoms with E-state index in [2.05, 4.69) is 47.4 Å². The summed E-state index contributed by atoms with van der Waals surface area (Å²) in [5.74, 6) is 1.09. The maximum atomic E-state index is 11.6. The van der Waals surface area contributed by atoms with Gasteiger partial charge in [-0.3, -0.25) is 4.79 Å². The summed E-state index contributed by atoms with van der Waals surface area (Å²) < 4.78 is 0. The molecular weight excluding hydrogens is 318 g/mol. The van der Waals surface area contributed by atoms with E-state index in [4.69, 9.17) is 0 Å². The van der Waals surface area contributed by atoms with Crippen molar-refractivity contribution in [3.05, 3.63) is 76.9 Å².